The maximum atomic E-state index is 13.0. The summed E-state index contributed by atoms with van der Waals surface area (Å²) >= 11 is 0. The molecule has 0 spiro atoms. The summed E-state index contributed by atoms with van der Waals surface area (Å²) in [5.41, 5.74) is 2.52. The van der Waals surface area contributed by atoms with Crippen molar-refractivity contribution in [3.05, 3.63) is 82.9 Å². The monoisotopic (exact) mass is 268 g/mol. The van der Waals surface area contributed by atoms with E-state index in [-0.39, 0.29) is 0 Å². The molecule has 0 radical (unpaired) electrons. The van der Waals surface area contributed by atoms with Crippen LogP contribution < -0.4 is 0 Å². The molecule has 2 aromatic carbocycles. The van der Waals surface area contributed by atoms with Crippen LogP contribution in [0.5, 0.6) is 0 Å². The first-order valence-electron chi connectivity index (χ1n) is 6.36. The van der Waals surface area contributed by atoms with Crippen molar-refractivity contribution in [3.8, 4) is 11.8 Å². The molecular formula is C18H14F2. The molecule has 0 saturated heterocycles. The van der Waals surface area contributed by atoms with Crippen molar-refractivity contribution < 1.29 is 8.78 Å². The van der Waals surface area contributed by atoms with Crippen LogP contribution in [0.4, 0.5) is 8.78 Å². The van der Waals surface area contributed by atoms with Gasteiger partial charge in [0.15, 0.2) is 11.6 Å². The molecule has 0 unspecified atom stereocenters. The maximum absolute atomic E-state index is 13.0. The predicted molar refractivity (Wildman–Crippen MR) is 77.3 cm³/mol. The molecule has 0 aliphatic heterocycles. The van der Waals surface area contributed by atoms with Crippen LogP contribution in [0.2, 0.25) is 0 Å². The zero-order valence-corrected chi connectivity index (χ0v) is 11.2. The van der Waals surface area contributed by atoms with Gasteiger partial charge in [0.2, 0.25) is 0 Å². The van der Waals surface area contributed by atoms with Crippen LogP contribution in [0.15, 0.2) is 54.6 Å². The van der Waals surface area contributed by atoms with E-state index in [2.05, 4.69) is 17.9 Å². The third kappa shape index (κ3) is 3.80. The van der Waals surface area contributed by atoms with E-state index in [1.807, 2.05) is 37.3 Å². The van der Waals surface area contributed by atoms with Gasteiger partial charge in [0.05, 0.1) is 0 Å². The summed E-state index contributed by atoms with van der Waals surface area (Å²) < 4.78 is 25.8. The number of benzene rings is 2. The highest BCUT2D eigenvalue weighted by Gasteiger charge is 1.99. The third-order valence-corrected chi connectivity index (χ3v) is 2.81. The zero-order valence-electron chi connectivity index (χ0n) is 11.2. The molecule has 2 heteroatoms. The standard InChI is InChI=1S/C18H14F2/c1-2-3-4-14-5-7-15(8-6-14)9-10-16-11-12-17(19)18(20)13-16/h2-3,5-8,11-13H,4H2,1H3. The van der Waals surface area contributed by atoms with Crippen molar-refractivity contribution >= 4 is 0 Å². The van der Waals surface area contributed by atoms with E-state index in [1.165, 1.54) is 11.6 Å². The van der Waals surface area contributed by atoms with Gasteiger partial charge in [-0.15, -0.1) is 0 Å². The van der Waals surface area contributed by atoms with Gasteiger partial charge in [0.1, 0.15) is 0 Å². The van der Waals surface area contributed by atoms with Crippen LogP contribution in [-0.2, 0) is 6.42 Å². The zero-order chi connectivity index (χ0) is 14.4. The molecule has 2 rings (SSSR count). The summed E-state index contributed by atoms with van der Waals surface area (Å²) in [5, 5.41) is 0. The van der Waals surface area contributed by atoms with Crippen molar-refractivity contribution in [2.45, 2.75) is 13.3 Å². The Bertz CT molecular complexity index is 671. The Kier molecular flexibility index (Phi) is 4.68. The lowest BCUT2D eigenvalue weighted by atomic mass is 10.1. The van der Waals surface area contributed by atoms with Crippen molar-refractivity contribution in [1.29, 1.82) is 0 Å². The molecule has 0 aliphatic carbocycles. The van der Waals surface area contributed by atoms with Gasteiger partial charge in [-0.2, -0.15) is 0 Å². The summed E-state index contributed by atoms with van der Waals surface area (Å²) in [5.74, 6) is 4.02. The molecular weight excluding hydrogens is 254 g/mol. The smallest absolute Gasteiger partial charge is 0.160 e. The lowest BCUT2D eigenvalue weighted by Gasteiger charge is -1.96. The van der Waals surface area contributed by atoms with E-state index >= 15 is 0 Å². The van der Waals surface area contributed by atoms with Crippen molar-refractivity contribution in [2.75, 3.05) is 0 Å². The summed E-state index contributed by atoms with van der Waals surface area (Å²) in [6.07, 6.45) is 4.99. The van der Waals surface area contributed by atoms with Crippen LogP contribution >= 0.6 is 0 Å². The molecule has 0 saturated carbocycles. The Morgan fingerprint density at radius 1 is 0.900 bits per heavy atom. The van der Waals surface area contributed by atoms with Crippen molar-refractivity contribution in [2.24, 2.45) is 0 Å². The lowest BCUT2D eigenvalue weighted by molar-refractivity contribution is 0.508. The predicted octanol–water partition coefficient (Wildman–Crippen LogP) is 4.48. The highest BCUT2D eigenvalue weighted by molar-refractivity contribution is 5.43. The third-order valence-electron chi connectivity index (χ3n) is 2.81. The number of rotatable bonds is 2. The molecule has 0 fully saturated rings. The number of hydrogen-bond donors (Lipinski definition) is 0. The van der Waals surface area contributed by atoms with Crippen LogP contribution in [0, 0.1) is 23.5 Å². The molecule has 0 nitrogen and oxygen atoms in total. The van der Waals surface area contributed by atoms with Gasteiger partial charge < -0.3 is 0 Å². The molecule has 0 N–H and O–H groups in total. The lowest BCUT2D eigenvalue weighted by Crippen LogP contribution is -1.85. The van der Waals surface area contributed by atoms with E-state index in [0.29, 0.717) is 5.56 Å². The minimum Gasteiger partial charge on any atom is -0.204 e. The first-order chi connectivity index (χ1) is 9.69. The first kappa shape index (κ1) is 14.0. The second kappa shape index (κ2) is 6.68. The number of allylic oxidation sites excluding steroid dienone is 2. The van der Waals surface area contributed by atoms with Gasteiger partial charge in [-0.25, -0.2) is 8.78 Å². The highest BCUT2D eigenvalue weighted by atomic mass is 19.2. The fourth-order valence-corrected chi connectivity index (χ4v) is 1.70. The summed E-state index contributed by atoms with van der Waals surface area (Å²) in [6, 6.07) is 11.5. The minimum absolute atomic E-state index is 0.460. The minimum atomic E-state index is -0.876. The van der Waals surface area contributed by atoms with Gasteiger partial charge in [-0.1, -0.05) is 36.1 Å². The molecule has 2 aromatic rings. The molecule has 0 aliphatic rings. The molecule has 20 heavy (non-hydrogen) atoms. The highest BCUT2D eigenvalue weighted by Crippen LogP contribution is 2.08. The average Bonchev–Trinajstić information content (AvgIpc) is 2.47. The number of halogens is 2. The average molecular weight is 268 g/mol. The molecule has 0 bridgehead atoms. The summed E-state index contributed by atoms with van der Waals surface area (Å²) in [6.45, 7) is 1.99. The fraction of sp³-hybridized carbons (Fsp3) is 0.111. The number of hydrogen-bond acceptors (Lipinski definition) is 0. The normalized spacial score (nSPS) is 10.3. The maximum Gasteiger partial charge on any atom is 0.160 e. The van der Waals surface area contributed by atoms with Gasteiger partial charge >= 0.3 is 0 Å². The molecule has 0 amide bonds. The Morgan fingerprint density at radius 2 is 1.55 bits per heavy atom. The van der Waals surface area contributed by atoms with Crippen molar-refractivity contribution in [3.63, 3.8) is 0 Å². The van der Waals surface area contributed by atoms with E-state index in [0.717, 1.165) is 24.1 Å². The Labute approximate surface area is 117 Å². The Hall–Kier alpha value is -2.40. The van der Waals surface area contributed by atoms with Crippen LogP contribution in [0.3, 0.4) is 0 Å². The quantitative estimate of drug-likeness (QED) is 0.556. The van der Waals surface area contributed by atoms with Gasteiger partial charge in [-0.05, 0) is 49.2 Å². The largest absolute Gasteiger partial charge is 0.204 e. The molecule has 0 heterocycles. The SMILES string of the molecule is CC=CCc1ccc(C#Cc2ccc(F)c(F)c2)cc1. The van der Waals surface area contributed by atoms with Gasteiger partial charge in [-0.3, -0.25) is 0 Å². The van der Waals surface area contributed by atoms with E-state index in [4.69, 9.17) is 0 Å². The topological polar surface area (TPSA) is 0 Å². The first-order valence-corrected chi connectivity index (χ1v) is 6.36. The molecule has 100 valence electrons. The summed E-state index contributed by atoms with van der Waals surface area (Å²) in [4.78, 5) is 0. The Morgan fingerprint density at radius 3 is 2.20 bits per heavy atom. The van der Waals surface area contributed by atoms with Crippen LogP contribution in [-0.4, -0.2) is 0 Å². The second-order valence-corrected chi connectivity index (χ2v) is 4.35. The van der Waals surface area contributed by atoms with Gasteiger partial charge in [0, 0.05) is 11.1 Å². The fourth-order valence-electron chi connectivity index (χ4n) is 1.70. The molecule has 0 aromatic heterocycles. The van der Waals surface area contributed by atoms with E-state index in [9.17, 15) is 8.78 Å². The molecule has 0 atom stereocenters. The second-order valence-electron chi connectivity index (χ2n) is 4.35. The summed E-state index contributed by atoms with van der Waals surface area (Å²) in [7, 11) is 0. The van der Waals surface area contributed by atoms with Gasteiger partial charge in [0.25, 0.3) is 0 Å². The van der Waals surface area contributed by atoms with E-state index in [1.54, 1.807) is 0 Å². The van der Waals surface area contributed by atoms with Crippen LogP contribution in [0.1, 0.15) is 23.6 Å². The van der Waals surface area contributed by atoms with E-state index < -0.39 is 11.6 Å². The van der Waals surface area contributed by atoms with Crippen LogP contribution in [0.25, 0.3) is 0 Å². The Balaban J connectivity index is 2.14. The van der Waals surface area contributed by atoms with Crippen molar-refractivity contribution in [1.82, 2.24) is 0 Å².